The number of hydrogen-bond donors (Lipinski definition) is 1. The van der Waals surface area contributed by atoms with E-state index in [0.717, 1.165) is 19.3 Å². The first-order valence-corrected chi connectivity index (χ1v) is 8.46. The molecule has 5 nitrogen and oxygen atoms in total. The molecule has 1 atom stereocenters. The largest absolute Gasteiger partial charge is 0.377 e. The molecular formula is C14H21FN2O3S. The first-order valence-electron chi connectivity index (χ1n) is 7.02. The van der Waals surface area contributed by atoms with Gasteiger partial charge in [-0.15, -0.1) is 0 Å². The Balaban J connectivity index is 2.22. The van der Waals surface area contributed by atoms with Crippen LogP contribution in [0.5, 0.6) is 0 Å². The second-order valence-corrected chi connectivity index (χ2v) is 7.21. The van der Waals surface area contributed by atoms with Crippen LogP contribution in [0.25, 0.3) is 0 Å². The van der Waals surface area contributed by atoms with Crippen molar-refractivity contribution in [3.8, 4) is 0 Å². The number of likely N-dealkylation sites (N-methyl/N-ethyl adjacent to an activating group) is 1. The summed E-state index contributed by atoms with van der Waals surface area (Å²) < 4.78 is 45.7. The number of rotatable bonds is 5. The van der Waals surface area contributed by atoms with E-state index in [2.05, 4.69) is 0 Å². The molecule has 0 amide bonds. The number of ether oxygens (including phenoxy) is 1. The highest BCUT2D eigenvalue weighted by Gasteiger charge is 2.28. The smallest absolute Gasteiger partial charge is 0.243 e. The van der Waals surface area contributed by atoms with E-state index in [0.29, 0.717) is 6.61 Å². The van der Waals surface area contributed by atoms with Crippen molar-refractivity contribution in [3.63, 3.8) is 0 Å². The average molecular weight is 316 g/mol. The van der Waals surface area contributed by atoms with Gasteiger partial charge in [0.25, 0.3) is 0 Å². The molecule has 2 rings (SSSR count). The van der Waals surface area contributed by atoms with Crippen LogP contribution in [0, 0.1) is 5.82 Å². The number of benzene rings is 1. The van der Waals surface area contributed by atoms with Crippen LogP contribution < -0.4 is 5.73 Å². The van der Waals surface area contributed by atoms with Gasteiger partial charge in [0.05, 0.1) is 11.0 Å². The molecule has 0 spiro atoms. The predicted molar refractivity (Wildman–Crippen MR) is 77.7 cm³/mol. The maximum absolute atomic E-state index is 13.7. The van der Waals surface area contributed by atoms with Crippen molar-refractivity contribution in [3.05, 3.63) is 29.6 Å². The first kappa shape index (κ1) is 16.4. The lowest BCUT2D eigenvalue weighted by molar-refractivity contribution is 0.00858. The van der Waals surface area contributed by atoms with Gasteiger partial charge in [0, 0.05) is 32.3 Å². The van der Waals surface area contributed by atoms with E-state index in [1.165, 1.54) is 29.6 Å². The lowest BCUT2D eigenvalue weighted by atomic mass is 10.1. The summed E-state index contributed by atoms with van der Waals surface area (Å²) >= 11 is 0. The molecule has 1 fully saturated rings. The minimum Gasteiger partial charge on any atom is -0.377 e. The molecule has 1 aliphatic heterocycles. The number of nitrogens with two attached hydrogens (primary N) is 1. The topological polar surface area (TPSA) is 72.6 Å². The fraction of sp³-hybridized carbons (Fsp3) is 0.571. The molecule has 0 saturated carbocycles. The summed E-state index contributed by atoms with van der Waals surface area (Å²) in [6.07, 6.45) is 2.78. The van der Waals surface area contributed by atoms with Gasteiger partial charge >= 0.3 is 0 Å². The lowest BCUT2D eigenvalue weighted by Gasteiger charge is -2.27. The monoisotopic (exact) mass is 316 g/mol. The minimum atomic E-state index is -3.77. The number of sulfonamides is 1. The second-order valence-electron chi connectivity index (χ2n) is 5.19. The van der Waals surface area contributed by atoms with Crippen molar-refractivity contribution in [1.29, 1.82) is 0 Å². The Labute approximate surface area is 124 Å². The Morgan fingerprint density at radius 2 is 2.19 bits per heavy atom. The fourth-order valence-corrected chi connectivity index (χ4v) is 3.92. The maximum atomic E-state index is 13.7. The average Bonchev–Trinajstić information content (AvgIpc) is 2.48. The maximum Gasteiger partial charge on any atom is 0.243 e. The zero-order valence-corrected chi connectivity index (χ0v) is 12.9. The van der Waals surface area contributed by atoms with Crippen LogP contribution >= 0.6 is 0 Å². The molecule has 118 valence electrons. The van der Waals surface area contributed by atoms with E-state index in [9.17, 15) is 12.8 Å². The molecule has 1 aromatic carbocycles. The number of nitrogens with zero attached hydrogens (tertiary/aromatic N) is 1. The van der Waals surface area contributed by atoms with Gasteiger partial charge in [-0.05, 0) is 31.4 Å². The number of hydrogen-bond acceptors (Lipinski definition) is 4. The predicted octanol–water partition coefficient (Wildman–Crippen LogP) is 1.47. The van der Waals surface area contributed by atoms with Crippen LogP contribution in [0.1, 0.15) is 24.8 Å². The zero-order valence-electron chi connectivity index (χ0n) is 12.1. The molecule has 1 heterocycles. The third-order valence-corrected chi connectivity index (χ3v) is 5.61. The first-order chi connectivity index (χ1) is 9.96. The third-order valence-electron chi connectivity index (χ3n) is 3.70. The molecule has 1 aromatic rings. The quantitative estimate of drug-likeness (QED) is 0.893. The molecule has 0 bridgehead atoms. The summed E-state index contributed by atoms with van der Waals surface area (Å²) in [5, 5.41) is 0. The molecular weight excluding hydrogens is 295 g/mol. The molecule has 0 radical (unpaired) electrons. The summed E-state index contributed by atoms with van der Waals surface area (Å²) in [6, 6.07) is 3.98. The van der Waals surface area contributed by atoms with Crippen molar-refractivity contribution in [2.45, 2.75) is 36.8 Å². The van der Waals surface area contributed by atoms with Gasteiger partial charge in [0.15, 0.2) is 0 Å². The SMILES string of the molecule is CN(CC1CCCCO1)S(=O)(=O)c1cccc(F)c1CN. The van der Waals surface area contributed by atoms with E-state index >= 15 is 0 Å². The molecule has 7 heteroatoms. The molecule has 2 N–H and O–H groups in total. The Bertz CT molecular complexity index is 586. The standard InChI is InChI=1S/C14H21FN2O3S/c1-17(10-11-5-2-3-8-20-11)21(18,19)14-7-4-6-13(15)12(14)9-16/h4,6-7,11H,2-3,5,8-10,16H2,1H3. The van der Waals surface area contributed by atoms with Gasteiger partial charge in [-0.25, -0.2) is 12.8 Å². The van der Waals surface area contributed by atoms with Crippen molar-refractivity contribution in [1.82, 2.24) is 4.31 Å². The zero-order chi connectivity index (χ0) is 15.5. The van der Waals surface area contributed by atoms with Crippen molar-refractivity contribution < 1.29 is 17.5 Å². The highest BCUT2D eigenvalue weighted by Crippen LogP contribution is 2.23. The summed E-state index contributed by atoms with van der Waals surface area (Å²) in [5.41, 5.74) is 5.51. The highest BCUT2D eigenvalue weighted by molar-refractivity contribution is 7.89. The Morgan fingerprint density at radius 1 is 1.43 bits per heavy atom. The van der Waals surface area contributed by atoms with Crippen LogP contribution in [0.15, 0.2) is 23.1 Å². The van der Waals surface area contributed by atoms with E-state index in [-0.39, 0.29) is 29.7 Å². The molecule has 0 aliphatic carbocycles. The molecule has 1 aliphatic rings. The van der Waals surface area contributed by atoms with E-state index in [1.54, 1.807) is 0 Å². The van der Waals surface area contributed by atoms with E-state index in [4.69, 9.17) is 10.5 Å². The van der Waals surface area contributed by atoms with Crippen LogP contribution in [-0.4, -0.2) is 39.0 Å². The van der Waals surface area contributed by atoms with Gasteiger partial charge in [0.1, 0.15) is 5.82 Å². The van der Waals surface area contributed by atoms with Crippen LogP contribution in [0.3, 0.4) is 0 Å². The Kier molecular flexibility index (Phi) is 5.32. The van der Waals surface area contributed by atoms with Crippen molar-refractivity contribution >= 4 is 10.0 Å². The molecule has 0 aromatic heterocycles. The Morgan fingerprint density at radius 3 is 2.81 bits per heavy atom. The summed E-state index contributed by atoms with van der Waals surface area (Å²) in [7, 11) is -2.29. The van der Waals surface area contributed by atoms with Crippen LogP contribution in [0.4, 0.5) is 4.39 Å². The number of halogens is 1. The molecule has 21 heavy (non-hydrogen) atoms. The van der Waals surface area contributed by atoms with Gasteiger partial charge < -0.3 is 10.5 Å². The molecule has 1 unspecified atom stereocenters. The second kappa shape index (κ2) is 6.83. The van der Waals surface area contributed by atoms with E-state index < -0.39 is 15.8 Å². The van der Waals surface area contributed by atoms with Gasteiger partial charge in [-0.2, -0.15) is 4.31 Å². The summed E-state index contributed by atoms with van der Waals surface area (Å²) in [5.74, 6) is -0.596. The third kappa shape index (κ3) is 3.60. The fourth-order valence-electron chi connectivity index (χ4n) is 2.48. The van der Waals surface area contributed by atoms with Gasteiger partial charge in [0.2, 0.25) is 10.0 Å². The normalized spacial score (nSPS) is 19.9. The summed E-state index contributed by atoms with van der Waals surface area (Å²) in [4.78, 5) is -0.0664. The van der Waals surface area contributed by atoms with E-state index in [1.807, 2.05) is 0 Å². The summed E-state index contributed by atoms with van der Waals surface area (Å²) in [6.45, 7) is 0.768. The highest BCUT2D eigenvalue weighted by atomic mass is 32.2. The van der Waals surface area contributed by atoms with Gasteiger partial charge in [-0.3, -0.25) is 0 Å². The van der Waals surface area contributed by atoms with Crippen molar-refractivity contribution in [2.75, 3.05) is 20.2 Å². The van der Waals surface area contributed by atoms with Crippen molar-refractivity contribution in [2.24, 2.45) is 5.73 Å². The Hall–Kier alpha value is -1.02. The van der Waals surface area contributed by atoms with Gasteiger partial charge in [-0.1, -0.05) is 6.07 Å². The van der Waals surface area contributed by atoms with Crippen LogP contribution in [-0.2, 0) is 21.3 Å². The lowest BCUT2D eigenvalue weighted by Crippen LogP contribution is -2.37. The molecule has 1 saturated heterocycles. The minimum absolute atomic E-state index is 0.0221. The van der Waals surface area contributed by atoms with Crippen LogP contribution in [0.2, 0.25) is 0 Å².